The lowest BCUT2D eigenvalue weighted by molar-refractivity contribution is -0.130. The van der Waals surface area contributed by atoms with Crippen molar-refractivity contribution < 1.29 is 19.1 Å². The van der Waals surface area contributed by atoms with Gasteiger partial charge in [0.1, 0.15) is 12.6 Å². The highest BCUT2D eigenvalue weighted by Gasteiger charge is 2.35. The van der Waals surface area contributed by atoms with Crippen LogP contribution in [0.25, 0.3) is 0 Å². The van der Waals surface area contributed by atoms with Gasteiger partial charge < -0.3 is 9.47 Å². The van der Waals surface area contributed by atoms with Crippen molar-refractivity contribution in [2.75, 3.05) is 13.2 Å². The summed E-state index contributed by atoms with van der Waals surface area (Å²) in [5.74, 6) is 0.655. The molecule has 31 heavy (non-hydrogen) atoms. The molecule has 2 aliphatic rings. The second kappa shape index (κ2) is 10.6. The normalized spacial score (nSPS) is 24.1. The summed E-state index contributed by atoms with van der Waals surface area (Å²) in [5, 5.41) is 0. The molecule has 1 saturated heterocycles. The van der Waals surface area contributed by atoms with Gasteiger partial charge in [-0.1, -0.05) is 60.7 Å². The Hall–Kier alpha value is -2.66. The first kappa shape index (κ1) is 21.6. The molecule has 4 rings (SSSR count). The van der Waals surface area contributed by atoms with Crippen LogP contribution in [0.5, 0.6) is 0 Å². The summed E-state index contributed by atoms with van der Waals surface area (Å²) >= 11 is 0. The van der Waals surface area contributed by atoms with E-state index in [2.05, 4.69) is 30.3 Å². The molecule has 1 aliphatic heterocycles. The number of benzene rings is 2. The second-order valence-corrected chi connectivity index (χ2v) is 8.54. The number of piperidine rings is 1. The van der Waals surface area contributed by atoms with E-state index in [1.165, 1.54) is 5.56 Å². The smallest absolute Gasteiger partial charge is 0.410 e. The zero-order valence-electron chi connectivity index (χ0n) is 17.9. The number of carbonyl (C=O) groups excluding carboxylic acids is 2. The minimum Gasteiger partial charge on any atom is -0.445 e. The third kappa shape index (κ3) is 5.73. The maximum absolute atomic E-state index is 12.7. The number of carbonyl (C=O) groups is 2. The van der Waals surface area contributed by atoms with Crippen LogP contribution in [0.15, 0.2) is 60.7 Å². The maximum atomic E-state index is 12.7. The molecule has 1 aliphatic carbocycles. The van der Waals surface area contributed by atoms with E-state index in [0.29, 0.717) is 25.3 Å². The number of hydrogen-bond acceptors (Lipinski definition) is 4. The van der Waals surface area contributed by atoms with Crippen LogP contribution in [-0.4, -0.2) is 42.1 Å². The predicted octanol–water partition coefficient (Wildman–Crippen LogP) is 5.10. The van der Waals surface area contributed by atoms with Gasteiger partial charge in [0.15, 0.2) is 5.78 Å². The Morgan fingerprint density at radius 1 is 0.935 bits per heavy atom. The van der Waals surface area contributed by atoms with Crippen molar-refractivity contribution in [1.82, 2.24) is 4.90 Å². The Bertz CT molecular complexity index is 846. The van der Waals surface area contributed by atoms with Crippen LogP contribution in [0, 0.1) is 0 Å². The summed E-state index contributed by atoms with van der Waals surface area (Å²) in [6.45, 7) is 1.01. The number of Topliss-reactive ketones (excluding diaryl/α,β-unsaturated/α-hetero) is 1. The number of likely N-dealkylation sites (tertiary alicyclic amines) is 1. The summed E-state index contributed by atoms with van der Waals surface area (Å²) < 4.78 is 11.6. The molecule has 1 amide bonds. The predicted molar refractivity (Wildman–Crippen MR) is 119 cm³/mol. The van der Waals surface area contributed by atoms with Crippen LogP contribution in [-0.2, 0) is 20.9 Å². The number of rotatable bonds is 6. The summed E-state index contributed by atoms with van der Waals surface area (Å²) in [5.41, 5.74) is 2.33. The molecule has 5 nitrogen and oxygen atoms in total. The largest absolute Gasteiger partial charge is 0.445 e. The van der Waals surface area contributed by atoms with Crippen molar-refractivity contribution in [3.05, 3.63) is 71.8 Å². The van der Waals surface area contributed by atoms with Crippen molar-refractivity contribution >= 4 is 11.9 Å². The topological polar surface area (TPSA) is 55.8 Å². The Balaban J connectivity index is 1.27. The lowest BCUT2D eigenvalue weighted by Gasteiger charge is -2.35. The molecule has 0 N–H and O–H groups in total. The number of ketones is 1. The molecule has 2 fully saturated rings. The molecule has 1 heterocycles. The van der Waals surface area contributed by atoms with E-state index < -0.39 is 12.1 Å². The molecule has 0 radical (unpaired) electrons. The lowest BCUT2D eigenvalue weighted by atomic mass is 9.83. The van der Waals surface area contributed by atoms with Crippen LogP contribution < -0.4 is 0 Å². The first-order chi connectivity index (χ1) is 15.2. The van der Waals surface area contributed by atoms with E-state index in [1.54, 1.807) is 4.90 Å². The third-order valence-corrected chi connectivity index (χ3v) is 6.44. The fourth-order valence-corrected chi connectivity index (χ4v) is 4.64. The van der Waals surface area contributed by atoms with Crippen LogP contribution in [0.3, 0.4) is 0 Å². The zero-order chi connectivity index (χ0) is 21.5. The number of hydrogen-bond donors (Lipinski definition) is 0. The Kier molecular flexibility index (Phi) is 7.36. The van der Waals surface area contributed by atoms with Gasteiger partial charge in [-0.25, -0.2) is 4.79 Å². The van der Waals surface area contributed by atoms with Crippen molar-refractivity contribution in [3.8, 4) is 0 Å². The van der Waals surface area contributed by atoms with Crippen LogP contribution in [0.2, 0.25) is 0 Å². The van der Waals surface area contributed by atoms with Gasteiger partial charge in [0.2, 0.25) is 0 Å². The average Bonchev–Trinajstić information content (AvgIpc) is 2.83. The van der Waals surface area contributed by atoms with Gasteiger partial charge in [-0.2, -0.15) is 0 Å². The third-order valence-electron chi connectivity index (χ3n) is 6.44. The van der Waals surface area contributed by atoms with E-state index in [0.717, 1.165) is 31.2 Å². The molecule has 0 bridgehead atoms. The summed E-state index contributed by atoms with van der Waals surface area (Å²) in [7, 11) is 0. The van der Waals surface area contributed by atoms with Gasteiger partial charge in [0, 0.05) is 13.0 Å². The SMILES string of the molecule is O=C1CCCN(C(=O)OCc2ccccc2)C1CO[C@H]1CC[C@@H](c2ccccc2)CC1. The minimum absolute atomic E-state index is 0.0703. The summed E-state index contributed by atoms with van der Waals surface area (Å²) in [6.07, 6.45) is 5.05. The van der Waals surface area contributed by atoms with Crippen molar-refractivity contribution in [2.45, 2.75) is 63.2 Å². The first-order valence-electron chi connectivity index (χ1n) is 11.4. The van der Waals surface area contributed by atoms with Gasteiger partial charge in [-0.05, 0) is 49.1 Å². The van der Waals surface area contributed by atoms with E-state index in [9.17, 15) is 9.59 Å². The Morgan fingerprint density at radius 3 is 2.32 bits per heavy atom. The van der Waals surface area contributed by atoms with Crippen molar-refractivity contribution in [3.63, 3.8) is 0 Å². The van der Waals surface area contributed by atoms with Gasteiger partial charge in [-0.3, -0.25) is 9.69 Å². The number of nitrogens with zero attached hydrogens (tertiary/aromatic N) is 1. The van der Waals surface area contributed by atoms with Crippen molar-refractivity contribution in [2.24, 2.45) is 0 Å². The quantitative estimate of drug-likeness (QED) is 0.651. The molecule has 0 spiro atoms. The molecule has 2 aromatic rings. The first-order valence-corrected chi connectivity index (χ1v) is 11.4. The Labute approximate surface area is 184 Å². The van der Waals surface area contributed by atoms with Gasteiger partial charge >= 0.3 is 6.09 Å². The fourth-order valence-electron chi connectivity index (χ4n) is 4.64. The van der Waals surface area contributed by atoms with Gasteiger partial charge in [-0.15, -0.1) is 0 Å². The zero-order valence-corrected chi connectivity index (χ0v) is 17.9. The molecular formula is C26H31NO4. The average molecular weight is 422 g/mol. The fraction of sp³-hybridized carbons (Fsp3) is 0.462. The van der Waals surface area contributed by atoms with E-state index in [1.807, 2.05) is 30.3 Å². The summed E-state index contributed by atoms with van der Waals surface area (Å²) in [4.78, 5) is 26.8. The molecule has 0 aromatic heterocycles. The molecule has 2 aromatic carbocycles. The molecule has 164 valence electrons. The van der Waals surface area contributed by atoms with E-state index >= 15 is 0 Å². The highest BCUT2D eigenvalue weighted by molar-refractivity contribution is 5.88. The maximum Gasteiger partial charge on any atom is 0.410 e. The van der Waals surface area contributed by atoms with Gasteiger partial charge in [0.05, 0.1) is 12.7 Å². The van der Waals surface area contributed by atoms with Gasteiger partial charge in [0.25, 0.3) is 0 Å². The second-order valence-electron chi connectivity index (χ2n) is 8.54. The van der Waals surface area contributed by atoms with E-state index in [-0.39, 0.29) is 25.1 Å². The highest BCUT2D eigenvalue weighted by Crippen LogP contribution is 2.34. The number of ether oxygens (including phenoxy) is 2. The van der Waals surface area contributed by atoms with Crippen molar-refractivity contribution in [1.29, 1.82) is 0 Å². The molecule has 1 atom stereocenters. The monoisotopic (exact) mass is 421 g/mol. The van der Waals surface area contributed by atoms with E-state index in [4.69, 9.17) is 9.47 Å². The molecular weight excluding hydrogens is 390 g/mol. The number of amides is 1. The van der Waals surface area contributed by atoms with Crippen LogP contribution in [0.1, 0.15) is 55.6 Å². The molecule has 1 unspecified atom stereocenters. The van der Waals surface area contributed by atoms with Crippen LogP contribution >= 0.6 is 0 Å². The molecule has 1 saturated carbocycles. The highest BCUT2D eigenvalue weighted by atomic mass is 16.6. The molecule has 5 heteroatoms. The minimum atomic E-state index is -0.538. The van der Waals surface area contributed by atoms with Crippen LogP contribution in [0.4, 0.5) is 4.79 Å². The lowest BCUT2D eigenvalue weighted by Crippen LogP contribution is -2.51. The summed E-state index contributed by atoms with van der Waals surface area (Å²) in [6, 6.07) is 19.7. The Morgan fingerprint density at radius 2 is 1.61 bits per heavy atom. The standard InChI is InChI=1S/C26H31NO4/c28-25-12-7-17-27(26(29)31-18-20-8-3-1-4-9-20)24(25)19-30-23-15-13-22(14-16-23)21-10-5-2-6-11-21/h1-6,8-11,22-24H,7,12-19H2/t22-,23+,24?.